The predicted molar refractivity (Wildman–Crippen MR) is 58.9 cm³/mol. The molecule has 1 N–H and O–H groups in total. The summed E-state index contributed by atoms with van der Waals surface area (Å²) >= 11 is 0. The Bertz CT molecular complexity index is 160. The first-order valence-corrected chi connectivity index (χ1v) is 5.70. The van der Waals surface area contributed by atoms with Crippen LogP contribution in [0.3, 0.4) is 0 Å². The van der Waals surface area contributed by atoms with Crippen molar-refractivity contribution in [1.82, 2.24) is 0 Å². The summed E-state index contributed by atoms with van der Waals surface area (Å²) in [7, 11) is 0. The molecule has 0 spiro atoms. The highest BCUT2D eigenvalue weighted by molar-refractivity contribution is 5.45. The molecule has 0 rings (SSSR count). The number of unbranched alkanes of at least 4 members (excludes halogenated alkanes) is 6. The van der Waals surface area contributed by atoms with Crippen molar-refractivity contribution in [3.05, 3.63) is 6.08 Å². The quantitative estimate of drug-likeness (QED) is 0.457. The van der Waals surface area contributed by atoms with Gasteiger partial charge in [0.25, 0.3) is 0 Å². The molecule has 2 heteroatoms. The standard InChI is InChI=1S/C12H22O2/c1-2-3-4-5-6-7-8-9-12(14)10-11-13/h10,12,14H,2-9H2,1H3. The first kappa shape index (κ1) is 13.4. The van der Waals surface area contributed by atoms with Gasteiger partial charge < -0.3 is 5.11 Å². The molecule has 82 valence electrons. The summed E-state index contributed by atoms with van der Waals surface area (Å²) in [6, 6.07) is 0. The molecule has 0 radical (unpaired) electrons. The Morgan fingerprint density at radius 3 is 2.29 bits per heavy atom. The zero-order chi connectivity index (χ0) is 10.6. The van der Waals surface area contributed by atoms with Crippen molar-refractivity contribution < 1.29 is 9.90 Å². The van der Waals surface area contributed by atoms with Gasteiger partial charge in [0, 0.05) is 6.08 Å². The average molecular weight is 198 g/mol. The van der Waals surface area contributed by atoms with Crippen LogP contribution in [0.25, 0.3) is 0 Å². The molecule has 1 unspecified atom stereocenters. The molecule has 0 bridgehead atoms. The molecule has 0 fully saturated rings. The molecule has 0 heterocycles. The van der Waals surface area contributed by atoms with Gasteiger partial charge in [0.05, 0.1) is 6.10 Å². The topological polar surface area (TPSA) is 37.3 Å². The van der Waals surface area contributed by atoms with Crippen molar-refractivity contribution in [3.63, 3.8) is 0 Å². The van der Waals surface area contributed by atoms with E-state index in [1.807, 2.05) is 0 Å². The van der Waals surface area contributed by atoms with Crippen molar-refractivity contribution in [3.8, 4) is 0 Å². The van der Waals surface area contributed by atoms with Crippen molar-refractivity contribution >= 4 is 5.94 Å². The van der Waals surface area contributed by atoms with Crippen LogP contribution in [0.15, 0.2) is 6.08 Å². The third-order valence-electron chi connectivity index (χ3n) is 2.36. The van der Waals surface area contributed by atoms with Gasteiger partial charge in [0.2, 0.25) is 0 Å². The molecule has 0 aromatic rings. The van der Waals surface area contributed by atoms with Crippen LogP contribution >= 0.6 is 0 Å². The molecule has 0 aliphatic rings. The predicted octanol–water partition coefficient (Wildman–Crippen LogP) is 2.88. The van der Waals surface area contributed by atoms with Gasteiger partial charge in [-0.05, 0) is 6.42 Å². The van der Waals surface area contributed by atoms with E-state index in [0.29, 0.717) is 6.42 Å². The molecule has 0 amide bonds. The molecular weight excluding hydrogens is 176 g/mol. The van der Waals surface area contributed by atoms with E-state index in [-0.39, 0.29) is 0 Å². The van der Waals surface area contributed by atoms with E-state index >= 15 is 0 Å². The molecule has 1 atom stereocenters. The summed E-state index contributed by atoms with van der Waals surface area (Å²) in [5, 5.41) is 9.17. The average Bonchev–Trinajstić information content (AvgIpc) is 2.17. The summed E-state index contributed by atoms with van der Waals surface area (Å²) < 4.78 is 0. The lowest BCUT2D eigenvalue weighted by Gasteiger charge is -2.03. The maximum atomic E-state index is 9.88. The van der Waals surface area contributed by atoms with Crippen LogP contribution < -0.4 is 0 Å². The normalized spacial score (nSPS) is 12.1. The fraction of sp³-hybridized carbons (Fsp3) is 0.833. The van der Waals surface area contributed by atoms with E-state index in [1.165, 1.54) is 38.2 Å². The molecule has 2 nitrogen and oxygen atoms in total. The van der Waals surface area contributed by atoms with Crippen molar-refractivity contribution in [2.45, 2.75) is 64.4 Å². The van der Waals surface area contributed by atoms with E-state index < -0.39 is 6.10 Å². The van der Waals surface area contributed by atoms with Crippen LogP contribution in [-0.4, -0.2) is 17.2 Å². The van der Waals surface area contributed by atoms with Gasteiger partial charge in [-0.25, -0.2) is 4.79 Å². The number of hydrogen-bond donors (Lipinski definition) is 1. The summed E-state index contributed by atoms with van der Waals surface area (Å²) in [6.45, 7) is 2.21. The summed E-state index contributed by atoms with van der Waals surface area (Å²) in [6.07, 6.45) is 9.96. The molecule has 0 aliphatic heterocycles. The minimum absolute atomic E-state index is 0.580. The largest absolute Gasteiger partial charge is 0.388 e. The number of aliphatic hydroxyl groups excluding tert-OH is 1. The Kier molecular flexibility index (Phi) is 10.0. The Balaban J connectivity index is 3.09. The lowest BCUT2D eigenvalue weighted by molar-refractivity contribution is 0.209. The van der Waals surface area contributed by atoms with E-state index in [1.54, 1.807) is 5.94 Å². The molecule has 14 heavy (non-hydrogen) atoms. The van der Waals surface area contributed by atoms with Crippen molar-refractivity contribution in [2.75, 3.05) is 0 Å². The number of rotatable bonds is 9. The maximum absolute atomic E-state index is 9.88. The van der Waals surface area contributed by atoms with E-state index in [4.69, 9.17) is 0 Å². The zero-order valence-electron chi connectivity index (χ0n) is 9.17. The third kappa shape index (κ3) is 9.50. The highest BCUT2D eigenvalue weighted by atomic mass is 16.3. The fourth-order valence-electron chi connectivity index (χ4n) is 1.47. The first-order chi connectivity index (χ1) is 6.81. The van der Waals surface area contributed by atoms with E-state index in [0.717, 1.165) is 12.8 Å². The lowest BCUT2D eigenvalue weighted by atomic mass is 10.1. The number of hydrogen-bond acceptors (Lipinski definition) is 2. The third-order valence-corrected chi connectivity index (χ3v) is 2.36. The smallest absolute Gasteiger partial charge is 0.122 e. The van der Waals surface area contributed by atoms with Crippen LogP contribution in [0.2, 0.25) is 0 Å². The summed E-state index contributed by atoms with van der Waals surface area (Å²) in [5.41, 5.74) is 0. The second-order valence-corrected chi connectivity index (χ2v) is 3.76. The first-order valence-electron chi connectivity index (χ1n) is 5.70. The van der Waals surface area contributed by atoms with Crippen molar-refractivity contribution in [1.29, 1.82) is 0 Å². The van der Waals surface area contributed by atoms with Gasteiger partial charge in [-0.15, -0.1) is 0 Å². The second kappa shape index (κ2) is 10.5. The van der Waals surface area contributed by atoms with Crippen molar-refractivity contribution in [2.24, 2.45) is 0 Å². The Labute approximate surface area is 87.0 Å². The summed E-state index contributed by atoms with van der Waals surface area (Å²) in [4.78, 5) is 9.88. The minimum atomic E-state index is -0.580. The monoisotopic (exact) mass is 198 g/mol. The van der Waals surface area contributed by atoms with Gasteiger partial charge in [-0.1, -0.05) is 51.9 Å². The molecule has 0 aliphatic carbocycles. The van der Waals surface area contributed by atoms with Crippen LogP contribution in [0.4, 0.5) is 0 Å². The molecule has 0 saturated carbocycles. The number of aliphatic hydroxyl groups is 1. The van der Waals surface area contributed by atoms with Gasteiger partial charge in [-0.3, -0.25) is 0 Å². The summed E-state index contributed by atoms with van der Waals surface area (Å²) in [5.74, 6) is 1.61. The molecule has 0 saturated heterocycles. The Hall–Kier alpha value is -0.590. The van der Waals surface area contributed by atoms with Crippen LogP contribution in [-0.2, 0) is 4.79 Å². The highest BCUT2D eigenvalue weighted by Gasteiger charge is 1.98. The van der Waals surface area contributed by atoms with Gasteiger partial charge in [0.1, 0.15) is 5.94 Å². The fourth-order valence-corrected chi connectivity index (χ4v) is 1.47. The minimum Gasteiger partial charge on any atom is -0.388 e. The van der Waals surface area contributed by atoms with Gasteiger partial charge in [0.15, 0.2) is 0 Å². The second-order valence-electron chi connectivity index (χ2n) is 3.76. The Morgan fingerprint density at radius 2 is 1.71 bits per heavy atom. The maximum Gasteiger partial charge on any atom is 0.122 e. The van der Waals surface area contributed by atoms with Crippen LogP contribution in [0.5, 0.6) is 0 Å². The van der Waals surface area contributed by atoms with E-state index in [9.17, 15) is 9.90 Å². The number of carbonyl (C=O) groups excluding carboxylic acids is 1. The molecule has 0 aromatic heterocycles. The zero-order valence-corrected chi connectivity index (χ0v) is 9.17. The molecular formula is C12H22O2. The van der Waals surface area contributed by atoms with E-state index in [2.05, 4.69) is 6.92 Å². The lowest BCUT2D eigenvalue weighted by Crippen LogP contribution is -2.01. The SMILES string of the molecule is CCCCCCCCCC(O)C=C=O. The Morgan fingerprint density at radius 1 is 1.14 bits per heavy atom. The highest BCUT2D eigenvalue weighted by Crippen LogP contribution is 2.09. The van der Waals surface area contributed by atoms with Gasteiger partial charge >= 0.3 is 0 Å². The van der Waals surface area contributed by atoms with Gasteiger partial charge in [-0.2, -0.15) is 0 Å². The molecule has 0 aromatic carbocycles. The van der Waals surface area contributed by atoms with Crippen LogP contribution in [0.1, 0.15) is 58.3 Å². The van der Waals surface area contributed by atoms with Crippen LogP contribution in [0, 0.1) is 0 Å².